The molecule has 0 aromatic heterocycles. The molecule has 0 spiro atoms. The minimum atomic E-state index is -0.687. The Morgan fingerprint density at radius 2 is 1.64 bits per heavy atom. The van der Waals surface area contributed by atoms with Crippen LogP contribution in [-0.2, 0) is 28.3 Å². The van der Waals surface area contributed by atoms with Gasteiger partial charge in [0.25, 0.3) is 0 Å². The minimum Gasteiger partial charge on any atom is -0.357 e. The van der Waals surface area contributed by atoms with Gasteiger partial charge in [0, 0.05) is 30.8 Å². The summed E-state index contributed by atoms with van der Waals surface area (Å²) in [6, 6.07) is 22.5. The number of rotatable bonds is 10. The predicted octanol–water partition coefficient (Wildman–Crippen LogP) is 5.10. The Morgan fingerprint density at radius 1 is 0.970 bits per heavy atom. The molecule has 0 aliphatic carbocycles. The van der Waals surface area contributed by atoms with Crippen molar-refractivity contribution in [1.29, 1.82) is 0 Å². The molecule has 0 fully saturated rings. The monoisotopic (exact) mass is 484 g/mol. The van der Waals surface area contributed by atoms with E-state index in [1.165, 1.54) is 23.9 Å². The molecule has 2 amide bonds. The van der Waals surface area contributed by atoms with Crippen LogP contribution >= 0.6 is 23.4 Å². The molecule has 4 nitrogen and oxygen atoms in total. The average molecular weight is 485 g/mol. The fraction of sp³-hybridized carbons (Fsp3) is 0.231. The van der Waals surface area contributed by atoms with Crippen LogP contribution in [0.1, 0.15) is 16.7 Å². The highest BCUT2D eigenvalue weighted by molar-refractivity contribution is 7.99. The Balaban J connectivity index is 1.81. The second kappa shape index (κ2) is 12.4. The molecule has 33 heavy (non-hydrogen) atoms. The summed E-state index contributed by atoms with van der Waals surface area (Å²) in [4.78, 5) is 27.9. The molecule has 0 saturated heterocycles. The molecule has 172 valence electrons. The molecule has 0 aliphatic rings. The van der Waals surface area contributed by atoms with E-state index >= 15 is 0 Å². The summed E-state index contributed by atoms with van der Waals surface area (Å²) in [6.07, 6.45) is 0.388. The molecule has 3 aromatic carbocycles. The van der Waals surface area contributed by atoms with Crippen LogP contribution in [0.3, 0.4) is 0 Å². The lowest BCUT2D eigenvalue weighted by Gasteiger charge is -2.31. The molecule has 0 unspecified atom stereocenters. The van der Waals surface area contributed by atoms with E-state index in [2.05, 4.69) is 5.32 Å². The Labute approximate surface area is 203 Å². The molecule has 1 atom stereocenters. The fourth-order valence-electron chi connectivity index (χ4n) is 3.45. The molecule has 0 bridgehead atoms. The number of nitrogens with zero attached hydrogens (tertiary/aromatic N) is 1. The summed E-state index contributed by atoms with van der Waals surface area (Å²) in [5, 5.41) is 3.25. The summed E-state index contributed by atoms with van der Waals surface area (Å²) in [6.45, 7) is 0.223. The fourth-order valence-corrected chi connectivity index (χ4v) is 4.52. The van der Waals surface area contributed by atoms with E-state index in [4.69, 9.17) is 11.6 Å². The second-order valence-corrected chi connectivity index (χ2v) is 8.94. The van der Waals surface area contributed by atoms with Gasteiger partial charge in [0.1, 0.15) is 11.9 Å². The zero-order chi connectivity index (χ0) is 23.6. The lowest BCUT2D eigenvalue weighted by atomic mass is 10.0. The van der Waals surface area contributed by atoms with E-state index in [1.807, 2.05) is 48.5 Å². The minimum absolute atomic E-state index is 0.161. The van der Waals surface area contributed by atoms with Gasteiger partial charge >= 0.3 is 0 Å². The van der Waals surface area contributed by atoms with Gasteiger partial charge in [-0.1, -0.05) is 72.3 Å². The largest absolute Gasteiger partial charge is 0.357 e. The number of hydrogen-bond donors (Lipinski definition) is 1. The van der Waals surface area contributed by atoms with Gasteiger partial charge in [-0.15, -0.1) is 11.8 Å². The maximum Gasteiger partial charge on any atom is 0.242 e. The number of likely N-dealkylation sites (N-methyl/N-ethyl adjacent to an activating group) is 1. The van der Waals surface area contributed by atoms with Crippen molar-refractivity contribution in [3.63, 3.8) is 0 Å². The van der Waals surface area contributed by atoms with Gasteiger partial charge in [0.2, 0.25) is 11.8 Å². The van der Waals surface area contributed by atoms with Crippen LogP contribution in [0, 0.1) is 5.82 Å². The maximum absolute atomic E-state index is 13.4. The highest BCUT2D eigenvalue weighted by atomic mass is 35.5. The summed E-state index contributed by atoms with van der Waals surface area (Å²) in [5.74, 6) is 0.0637. The van der Waals surface area contributed by atoms with E-state index in [9.17, 15) is 14.0 Å². The van der Waals surface area contributed by atoms with Crippen molar-refractivity contribution in [2.24, 2.45) is 0 Å². The van der Waals surface area contributed by atoms with Crippen molar-refractivity contribution in [2.75, 3.05) is 12.8 Å². The lowest BCUT2D eigenvalue weighted by Crippen LogP contribution is -2.50. The summed E-state index contributed by atoms with van der Waals surface area (Å²) in [5.41, 5.74) is 2.67. The SMILES string of the molecule is CNC(=O)[C@@H](Cc1ccccc1)N(Cc1ccccc1Cl)C(=O)CSCc1ccc(F)cc1. The predicted molar refractivity (Wildman–Crippen MR) is 133 cm³/mol. The number of amides is 2. The molecule has 1 N–H and O–H groups in total. The quantitative estimate of drug-likeness (QED) is 0.435. The molecule has 7 heteroatoms. The Morgan fingerprint density at radius 3 is 2.30 bits per heavy atom. The lowest BCUT2D eigenvalue weighted by molar-refractivity contribution is -0.139. The summed E-state index contributed by atoms with van der Waals surface area (Å²) >= 11 is 7.80. The molecular formula is C26H26ClFN2O2S. The van der Waals surface area contributed by atoms with E-state index < -0.39 is 6.04 Å². The number of carbonyl (C=O) groups is 2. The number of thioether (sulfide) groups is 1. The van der Waals surface area contributed by atoms with Crippen LogP contribution in [-0.4, -0.2) is 35.6 Å². The second-order valence-electron chi connectivity index (χ2n) is 7.55. The number of halogens is 2. The van der Waals surface area contributed by atoms with Gasteiger partial charge in [0.15, 0.2) is 0 Å². The first-order valence-electron chi connectivity index (χ1n) is 10.6. The third-order valence-corrected chi connectivity index (χ3v) is 6.58. The van der Waals surface area contributed by atoms with Gasteiger partial charge in [0.05, 0.1) is 5.75 Å². The average Bonchev–Trinajstić information content (AvgIpc) is 2.83. The zero-order valence-electron chi connectivity index (χ0n) is 18.3. The van der Waals surface area contributed by atoms with Crippen LogP contribution in [0.5, 0.6) is 0 Å². The first-order chi connectivity index (χ1) is 16.0. The Bertz CT molecular complexity index is 1060. The van der Waals surface area contributed by atoms with Gasteiger partial charge in [-0.2, -0.15) is 0 Å². The van der Waals surface area contributed by atoms with Crippen molar-refractivity contribution in [2.45, 2.75) is 24.8 Å². The Hall–Kier alpha value is -2.83. The van der Waals surface area contributed by atoms with Crippen molar-refractivity contribution in [3.8, 4) is 0 Å². The van der Waals surface area contributed by atoms with E-state index in [-0.39, 0.29) is 29.9 Å². The Kier molecular flexibility index (Phi) is 9.34. The van der Waals surface area contributed by atoms with E-state index in [1.54, 1.807) is 30.1 Å². The van der Waals surface area contributed by atoms with Crippen LogP contribution in [0.4, 0.5) is 4.39 Å². The van der Waals surface area contributed by atoms with Crippen LogP contribution in [0.2, 0.25) is 5.02 Å². The molecule has 0 heterocycles. The van der Waals surface area contributed by atoms with Crippen LogP contribution in [0.25, 0.3) is 0 Å². The summed E-state index contributed by atoms with van der Waals surface area (Å²) in [7, 11) is 1.57. The number of carbonyl (C=O) groups excluding carboxylic acids is 2. The summed E-state index contributed by atoms with van der Waals surface area (Å²) < 4.78 is 13.1. The number of hydrogen-bond acceptors (Lipinski definition) is 3. The highest BCUT2D eigenvalue weighted by Gasteiger charge is 2.30. The third kappa shape index (κ3) is 7.34. The normalized spacial score (nSPS) is 11.6. The zero-order valence-corrected chi connectivity index (χ0v) is 19.9. The molecule has 0 radical (unpaired) electrons. The number of nitrogens with one attached hydrogen (secondary N) is 1. The molecule has 0 aliphatic heterocycles. The number of benzene rings is 3. The van der Waals surface area contributed by atoms with Gasteiger partial charge < -0.3 is 10.2 Å². The van der Waals surface area contributed by atoms with Crippen molar-refractivity contribution >= 4 is 35.2 Å². The van der Waals surface area contributed by atoms with Crippen molar-refractivity contribution < 1.29 is 14.0 Å². The van der Waals surface area contributed by atoms with Crippen LogP contribution in [0.15, 0.2) is 78.9 Å². The van der Waals surface area contributed by atoms with Crippen molar-refractivity contribution in [3.05, 3.63) is 106 Å². The van der Waals surface area contributed by atoms with Crippen LogP contribution < -0.4 is 5.32 Å². The first kappa shape index (κ1) is 24.8. The molecule has 3 aromatic rings. The molecular weight excluding hydrogens is 459 g/mol. The van der Waals surface area contributed by atoms with Gasteiger partial charge in [-0.25, -0.2) is 4.39 Å². The smallest absolute Gasteiger partial charge is 0.242 e. The van der Waals surface area contributed by atoms with Crippen molar-refractivity contribution in [1.82, 2.24) is 10.2 Å². The maximum atomic E-state index is 13.4. The standard InChI is InChI=1S/C26H26ClFN2O2S/c1-29-26(32)24(15-19-7-3-2-4-8-19)30(16-21-9-5-6-10-23(21)27)25(31)18-33-17-20-11-13-22(28)14-12-20/h2-14,24H,15-18H2,1H3,(H,29,32)/t24-/m1/s1. The van der Waals surface area contributed by atoms with E-state index in [0.29, 0.717) is 17.2 Å². The third-order valence-electron chi connectivity index (χ3n) is 5.22. The van der Waals surface area contributed by atoms with Gasteiger partial charge in [-0.3, -0.25) is 9.59 Å². The van der Waals surface area contributed by atoms with E-state index in [0.717, 1.165) is 16.7 Å². The molecule has 0 saturated carbocycles. The van der Waals surface area contributed by atoms with Gasteiger partial charge in [-0.05, 0) is 34.9 Å². The highest BCUT2D eigenvalue weighted by Crippen LogP contribution is 2.22. The molecule has 3 rings (SSSR count). The topological polar surface area (TPSA) is 49.4 Å². The first-order valence-corrected chi connectivity index (χ1v) is 12.1.